The molecule has 1 aliphatic carbocycles. The van der Waals surface area contributed by atoms with Crippen LogP contribution in [0.3, 0.4) is 0 Å². The van der Waals surface area contributed by atoms with Gasteiger partial charge in [0, 0.05) is 27.9 Å². The minimum atomic E-state index is -0.396. The molecule has 9 aromatic carbocycles. The Morgan fingerprint density at radius 3 is 1.49 bits per heavy atom. The number of anilines is 6. The predicted octanol–water partition coefficient (Wildman–Crippen LogP) is 14.7. The molecule has 0 bridgehead atoms. The van der Waals surface area contributed by atoms with Crippen LogP contribution in [0.4, 0.5) is 42.9 Å². The molecule has 1 aliphatic rings. The van der Waals surface area contributed by atoms with Crippen molar-refractivity contribution in [1.82, 2.24) is 0 Å². The van der Waals surface area contributed by atoms with E-state index in [2.05, 4.69) is 91.5 Å². The summed E-state index contributed by atoms with van der Waals surface area (Å²) in [5.74, 6) is -0.576. The fourth-order valence-corrected chi connectivity index (χ4v) is 9.04. The van der Waals surface area contributed by atoms with Crippen LogP contribution in [0.25, 0.3) is 43.4 Å². The molecule has 0 aromatic heterocycles. The van der Waals surface area contributed by atoms with Crippen LogP contribution < -0.4 is 9.80 Å². The SMILES string of the molecule is CC1(C)c2c(cc(N(c3ccccc3)c3ccccc3F)c3ccccc23)-c2c1c1ccc(N(c3ccccc3)c3ccccc3F)cc1c1ccccc21. The van der Waals surface area contributed by atoms with Crippen LogP contribution in [0.5, 0.6) is 0 Å². The van der Waals surface area contributed by atoms with Gasteiger partial charge in [-0.1, -0.05) is 129 Å². The number of para-hydroxylation sites is 4. The van der Waals surface area contributed by atoms with Crippen molar-refractivity contribution in [2.24, 2.45) is 0 Å². The molecule has 0 heterocycles. The maximum Gasteiger partial charge on any atom is 0.147 e. The first-order valence-corrected chi connectivity index (χ1v) is 18.7. The molecule has 55 heavy (non-hydrogen) atoms. The minimum absolute atomic E-state index is 0.288. The average Bonchev–Trinajstić information content (AvgIpc) is 3.47. The number of fused-ring (bicyclic) bond motifs is 10. The Bertz CT molecular complexity index is 2940. The summed E-state index contributed by atoms with van der Waals surface area (Å²) in [6.45, 7) is 4.65. The number of hydrogen-bond acceptors (Lipinski definition) is 2. The highest BCUT2D eigenvalue weighted by molar-refractivity contribution is 6.21. The predicted molar refractivity (Wildman–Crippen MR) is 226 cm³/mol. The number of benzene rings is 9. The van der Waals surface area contributed by atoms with Crippen molar-refractivity contribution < 1.29 is 8.78 Å². The van der Waals surface area contributed by atoms with Crippen molar-refractivity contribution in [2.45, 2.75) is 19.3 Å². The molecule has 9 aromatic rings. The molecule has 0 saturated carbocycles. The van der Waals surface area contributed by atoms with Gasteiger partial charge in [-0.05, 0) is 116 Å². The van der Waals surface area contributed by atoms with E-state index in [1.54, 1.807) is 12.1 Å². The summed E-state index contributed by atoms with van der Waals surface area (Å²) in [6, 6.07) is 60.0. The van der Waals surface area contributed by atoms with Gasteiger partial charge in [0.05, 0.1) is 17.1 Å². The Hall–Kier alpha value is -6.78. The number of nitrogens with zero attached hydrogens (tertiary/aromatic N) is 2. The molecule has 0 amide bonds. The third-order valence-corrected chi connectivity index (χ3v) is 11.3. The van der Waals surface area contributed by atoms with E-state index in [1.807, 2.05) is 89.8 Å². The molecule has 10 rings (SSSR count). The molecule has 4 heteroatoms. The number of rotatable bonds is 6. The van der Waals surface area contributed by atoms with Crippen LogP contribution in [0.2, 0.25) is 0 Å². The van der Waals surface area contributed by atoms with Crippen LogP contribution in [0.15, 0.2) is 182 Å². The molecule has 264 valence electrons. The van der Waals surface area contributed by atoms with Crippen LogP contribution in [-0.2, 0) is 5.41 Å². The summed E-state index contributed by atoms with van der Waals surface area (Å²) >= 11 is 0. The van der Waals surface area contributed by atoms with Crippen LogP contribution in [0.1, 0.15) is 25.0 Å². The van der Waals surface area contributed by atoms with Gasteiger partial charge in [-0.2, -0.15) is 0 Å². The van der Waals surface area contributed by atoms with E-state index >= 15 is 8.78 Å². The molecular formula is C51H36F2N2. The van der Waals surface area contributed by atoms with Gasteiger partial charge in [0.15, 0.2) is 0 Å². The summed E-state index contributed by atoms with van der Waals surface area (Å²) in [6.07, 6.45) is 0. The van der Waals surface area contributed by atoms with Crippen LogP contribution >= 0.6 is 0 Å². The van der Waals surface area contributed by atoms with E-state index in [4.69, 9.17) is 0 Å². The van der Waals surface area contributed by atoms with Gasteiger partial charge >= 0.3 is 0 Å². The summed E-state index contributed by atoms with van der Waals surface area (Å²) in [7, 11) is 0. The molecule has 2 nitrogen and oxygen atoms in total. The van der Waals surface area contributed by atoms with Crippen molar-refractivity contribution in [2.75, 3.05) is 9.80 Å². The van der Waals surface area contributed by atoms with Gasteiger partial charge in [-0.15, -0.1) is 0 Å². The molecule has 0 spiro atoms. The van der Waals surface area contributed by atoms with E-state index in [9.17, 15) is 0 Å². The van der Waals surface area contributed by atoms with Gasteiger partial charge in [0.25, 0.3) is 0 Å². The molecule has 0 N–H and O–H groups in total. The quantitative estimate of drug-likeness (QED) is 0.158. The minimum Gasteiger partial charge on any atom is -0.308 e. The maximum atomic E-state index is 15.9. The molecular weight excluding hydrogens is 679 g/mol. The molecule has 0 atom stereocenters. The average molecular weight is 715 g/mol. The zero-order chi connectivity index (χ0) is 37.3. The van der Waals surface area contributed by atoms with Gasteiger partial charge in [0.1, 0.15) is 11.6 Å². The Labute approximate surface area is 319 Å². The van der Waals surface area contributed by atoms with Gasteiger partial charge in [-0.25, -0.2) is 8.78 Å². The highest BCUT2D eigenvalue weighted by Gasteiger charge is 2.41. The second kappa shape index (κ2) is 12.7. The fourth-order valence-electron chi connectivity index (χ4n) is 9.04. The first-order chi connectivity index (χ1) is 26.9. The second-order valence-corrected chi connectivity index (χ2v) is 14.8. The van der Waals surface area contributed by atoms with Crippen LogP contribution in [-0.4, -0.2) is 0 Å². The summed E-state index contributed by atoms with van der Waals surface area (Å²) in [5, 5.41) is 6.70. The van der Waals surface area contributed by atoms with E-state index in [-0.39, 0.29) is 11.6 Å². The third kappa shape index (κ3) is 5.05. The lowest BCUT2D eigenvalue weighted by molar-refractivity contribution is 0.628. The van der Waals surface area contributed by atoms with Crippen LogP contribution in [0, 0.1) is 11.6 Å². The summed E-state index contributed by atoms with van der Waals surface area (Å²) in [5.41, 5.74) is 8.97. The van der Waals surface area contributed by atoms with E-state index in [0.29, 0.717) is 11.4 Å². The zero-order valence-electron chi connectivity index (χ0n) is 30.5. The van der Waals surface area contributed by atoms with Gasteiger partial charge in [-0.3, -0.25) is 0 Å². The lowest BCUT2D eigenvalue weighted by Crippen LogP contribution is -2.17. The van der Waals surface area contributed by atoms with Crippen molar-refractivity contribution in [3.8, 4) is 11.1 Å². The Kier molecular flexibility index (Phi) is 7.57. The zero-order valence-corrected chi connectivity index (χ0v) is 30.5. The Morgan fingerprint density at radius 2 is 0.855 bits per heavy atom. The van der Waals surface area contributed by atoms with E-state index < -0.39 is 5.41 Å². The van der Waals surface area contributed by atoms with Gasteiger partial charge in [0.2, 0.25) is 0 Å². The van der Waals surface area contributed by atoms with Crippen molar-refractivity contribution >= 4 is 66.4 Å². The monoisotopic (exact) mass is 714 g/mol. The molecule has 0 fully saturated rings. The van der Waals surface area contributed by atoms with E-state index in [0.717, 1.165) is 60.6 Å². The Balaban J connectivity index is 1.28. The highest BCUT2D eigenvalue weighted by atomic mass is 19.1. The topological polar surface area (TPSA) is 6.48 Å². The van der Waals surface area contributed by atoms with E-state index in [1.165, 1.54) is 28.8 Å². The number of hydrogen-bond donors (Lipinski definition) is 0. The first kappa shape index (κ1) is 32.8. The first-order valence-electron chi connectivity index (χ1n) is 18.7. The Morgan fingerprint density at radius 1 is 0.364 bits per heavy atom. The summed E-state index contributed by atoms with van der Waals surface area (Å²) < 4.78 is 31.5. The van der Waals surface area contributed by atoms with Gasteiger partial charge < -0.3 is 9.80 Å². The molecule has 0 unspecified atom stereocenters. The lowest BCUT2D eigenvalue weighted by Gasteiger charge is -2.30. The normalized spacial score (nSPS) is 12.9. The van der Waals surface area contributed by atoms with Crippen molar-refractivity contribution in [3.63, 3.8) is 0 Å². The lowest BCUT2D eigenvalue weighted by atomic mass is 9.77. The largest absolute Gasteiger partial charge is 0.308 e. The molecule has 0 radical (unpaired) electrons. The smallest absolute Gasteiger partial charge is 0.147 e. The second-order valence-electron chi connectivity index (χ2n) is 14.8. The maximum absolute atomic E-state index is 15.9. The summed E-state index contributed by atoms with van der Waals surface area (Å²) in [4.78, 5) is 4.05. The fraction of sp³-hybridized carbons (Fsp3) is 0.0588. The van der Waals surface area contributed by atoms with Crippen molar-refractivity contribution in [3.05, 3.63) is 205 Å². The molecule has 0 saturated heterocycles. The van der Waals surface area contributed by atoms with Crippen molar-refractivity contribution in [1.29, 1.82) is 0 Å². The third-order valence-electron chi connectivity index (χ3n) is 11.3. The standard InChI is InChI=1S/C51H36F2N2/c1-51(2)49-39-24-12-10-22-37(39)47(55(34-19-7-4-8-20-34)46-28-16-14-26-44(46)53)32-42(49)48-38-23-11-9-21-36(38)41-31-35(29-30-40(41)50(48)51)54(33-17-5-3-6-18-33)45-27-15-13-25-43(45)52/h3-32H,1-2H3. The molecule has 0 aliphatic heterocycles. The highest BCUT2D eigenvalue weighted by Crippen LogP contribution is 2.59. The number of halogens is 2.